The smallest absolute Gasteiger partial charge is 0.352 e. The van der Waals surface area contributed by atoms with Crippen LogP contribution < -0.4 is 5.84 Å². The van der Waals surface area contributed by atoms with Gasteiger partial charge in [-0.3, -0.25) is 0 Å². The summed E-state index contributed by atoms with van der Waals surface area (Å²) in [4.78, 5) is 8.58. The van der Waals surface area contributed by atoms with E-state index in [2.05, 4.69) is 15.0 Å². The molecular formula is C18H23F4N5. The van der Waals surface area contributed by atoms with Crippen molar-refractivity contribution in [3.05, 3.63) is 29.1 Å². The number of nitrogens with zero attached hydrogens (tertiary/aromatic N) is 4. The number of aliphatic imine (C=N–C) groups is 1. The van der Waals surface area contributed by atoms with Gasteiger partial charge < -0.3 is 15.6 Å². The van der Waals surface area contributed by atoms with E-state index in [1.165, 1.54) is 0 Å². The van der Waals surface area contributed by atoms with Gasteiger partial charge in [-0.1, -0.05) is 6.92 Å². The van der Waals surface area contributed by atoms with Crippen LogP contribution in [0, 0.1) is 11.7 Å². The summed E-state index contributed by atoms with van der Waals surface area (Å²) in [5.74, 6) is 4.99. The fourth-order valence-corrected chi connectivity index (χ4v) is 3.46. The van der Waals surface area contributed by atoms with Gasteiger partial charge in [0.05, 0.1) is 5.56 Å². The zero-order valence-corrected chi connectivity index (χ0v) is 15.4. The zero-order chi connectivity index (χ0) is 19.8. The Kier molecular flexibility index (Phi) is 5.41. The van der Waals surface area contributed by atoms with E-state index in [9.17, 15) is 17.6 Å². The fraction of sp³-hybridized carbons (Fsp3) is 0.556. The maximum Gasteiger partial charge on any atom is 0.416 e. The molecule has 0 aliphatic carbocycles. The molecule has 1 atom stereocenters. The van der Waals surface area contributed by atoms with Crippen LogP contribution in [0.3, 0.4) is 0 Å². The number of fused-ring (bicyclic) bond motifs is 1. The van der Waals surface area contributed by atoms with Gasteiger partial charge in [0.15, 0.2) is 5.84 Å². The summed E-state index contributed by atoms with van der Waals surface area (Å²) in [6.07, 6.45) is -3.82. The van der Waals surface area contributed by atoms with Gasteiger partial charge in [-0.15, -0.1) is 0 Å². The van der Waals surface area contributed by atoms with Crippen LogP contribution in [0.15, 0.2) is 22.2 Å². The lowest BCUT2D eigenvalue weighted by molar-refractivity contribution is -0.137. The van der Waals surface area contributed by atoms with Crippen molar-refractivity contribution in [3.8, 4) is 0 Å². The van der Waals surface area contributed by atoms with Crippen LogP contribution in [0.2, 0.25) is 0 Å². The van der Waals surface area contributed by atoms with Crippen molar-refractivity contribution in [1.29, 1.82) is 0 Å². The second-order valence-corrected chi connectivity index (χ2v) is 7.14. The quantitative estimate of drug-likeness (QED) is 0.424. The summed E-state index contributed by atoms with van der Waals surface area (Å²) in [5.41, 5.74) is -0.220. The highest BCUT2D eigenvalue weighted by molar-refractivity contribution is 6.42. The average molecular weight is 385 g/mol. The monoisotopic (exact) mass is 385 g/mol. The summed E-state index contributed by atoms with van der Waals surface area (Å²) in [6, 6.07) is 1.51. The molecule has 148 valence electrons. The Morgan fingerprint density at radius 1 is 1.19 bits per heavy atom. The van der Waals surface area contributed by atoms with Crippen LogP contribution in [0.1, 0.15) is 24.5 Å². The molecule has 5 nitrogen and oxygen atoms in total. The minimum Gasteiger partial charge on any atom is -0.352 e. The number of aryl methyl sites for hydroxylation is 1. The molecule has 0 bridgehead atoms. The number of hydrazone groups is 1. The van der Waals surface area contributed by atoms with Gasteiger partial charge in [-0.2, -0.15) is 18.3 Å². The van der Waals surface area contributed by atoms with Gasteiger partial charge in [0.2, 0.25) is 0 Å². The minimum absolute atomic E-state index is 0.0509. The van der Waals surface area contributed by atoms with Crippen molar-refractivity contribution in [2.45, 2.75) is 25.9 Å². The molecular weight excluding hydrogens is 362 g/mol. The third-order valence-corrected chi connectivity index (χ3v) is 5.17. The summed E-state index contributed by atoms with van der Waals surface area (Å²) in [6.45, 7) is 4.84. The van der Waals surface area contributed by atoms with Crippen molar-refractivity contribution in [2.75, 3.05) is 33.2 Å². The third-order valence-electron chi connectivity index (χ3n) is 5.17. The molecule has 2 aliphatic rings. The fourth-order valence-electron chi connectivity index (χ4n) is 3.46. The third kappa shape index (κ3) is 4.07. The first-order valence-corrected chi connectivity index (χ1v) is 8.90. The molecule has 1 saturated heterocycles. The minimum atomic E-state index is -4.60. The Hall–Kier alpha value is -2.16. The van der Waals surface area contributed by atoms with E-state index >= 15 is 0 Å². The van der Waals surface area contributed by atoms with Crippen LogP contribution in [0.5, 0.6) is 0 Å². The van der Waals surface area contributed by atoms with Gasteiger partial charge in [0.1, 0.15) is 17.2 Å². The number of likely N-dealkylation sites (N-methyl/N-ethyl adjacent to an activating group) is 1. The standard InChI is InChI=1S/C18H23F4N5/c1-11-3-4-12-9-13(18(20,21)22)10-14(19)16(12)24-17(15(11)25-23)27-7-5-26(2)6-8-27/h9-11H,3-8,23H2,1-2H3/b24-17?,25-15+. The molecule has 0 aromatic heterocycles. The SMILES string of the molecule is CC1CCc2cc(C(F)(F)F)cc(F)c2N=C(N2CCN(C)CC2)/C1=N/N. The molecule has 2 N–H and O–H groups in total. The molecule has 2 aliphatic heterocycles. The number of rotatable bonds is 0. The number of hydrogen-bond acceptors (Lipinski definition) is 5. The lowest BCUT2D eigenvalue weighted by Crippen LogP contribution is -2.50. The van der Waals surface area contributed by atoms with Crippen molar-refractivity contribution < 1.29 is 17.6 Å². The van der Waals surface area contributed by atoms with Crippen LogP contribution >= 0.6 is 0 Å². The molecule has 3 rings (SSSR count). The number of hydrogen-bond donors (Lipinski definition) is 1. The lowest BCUT2D eigenvalue weighted by Gasteiger charge is -2.36. The van der Waals surface area contributed by atoms with Crippen LogP contribution in [0.25, 0.3) is 0 Å². The maximum absolute atomic E-state index is 14.6. The number of halogens is 4. The maximum atomic E-state index is 14.6. The summed E-state index contributed by atoms with van der Waals surface area (Å²) in [7, 11) is 2.01. The molecule has 9 heteroatoms. The van der Waals surface area contributed by atoms with Gasteiger partial charge in [-0.25, -0.2) is 9.38 Å². The van der Waals surface area contributed by atoms with Crippen LogP contribution in [-0.2, 0) is 12.6 Å². The van der Waals surface area contributed by atoms with E-state index in [1.807, 2.05) is 18.9 Å². The summed E-state index contributed by atoms with van der Waals surface area (Å²) >= 11 is 0. The molecule has 1 unspecified atom stereocenters. The van der Waals surface area contributed by atoms with Gasteiger partial charge in [0.25, 0.3) is 0 Å². The average Bonchev–Trinajstić information content (AvgIpc) is 2.59. The molecule has 27 heavy (non-hydrogen) atoms. The Bertz CT molecular complexity index is 764. The second-order valence-electron chi connectivity index (χ2n) is 7.14. The molecule has 1 aromatic rings. The summed E-state index contributed by atoms with van der Waals surface area (Å²) in [5, 5.41) is 3.89. The molecule has 1 aromatic carbocycles. The van der Waals surface area contributed by atoms with Crippen molar-refractivity contribution >= 4 is 17.2 Å². The summed E-state index contributed by atoms with van der Waals surface area (Å²) < 4.78 is 53.8. The molecule has 1 fully saturated rings. The predicted octanol–water partition coefficient (Wildman–Crippen LogP) is 3.02. The number of nitrogens with two attached hydrogens (primary N) is 1. The molecule has 0 radical (unpaired) electrons. The molecule has 0 amide bonds. The molecule has 0 spiro atoms. The van der Waals surface area contributed by atoms with Crippen molar-refractivity contribution in [1.82, 2.24) is 9.80 Å². The van der Waals surface area contributed by atoms with Crippen molar-refractivity contribution in [3.63, 3.8) is 0 Å². The highest BCUT2D eigenvalue weighted by Gasteiger charge is 2.34. The first-order chi connectivity index (χ1) is 12.7. The highest BCUT2D eigenvalue weighted by atomic mass is 19.4. The first kappa shape index (κ1) is 19.6. The van der Waals surface area contributed by atoms with E-state index in [0.717, 1.165) is 19.2 Å². The first-order valence-electron chi connectivity index (χ1n) is 8.90. The number of alkyl halides is 3. The molecule has 0 saturated carbocycles. The van der Waals surface area contributed by atoms with Crippen molar-refractivity contribution in [2.24, 2.45) is 21.9 Å². The lowest BCUT2D eigenvalue weighted by atomic mass is 9.92. The molecule has 2 heterocycles. The normalized spacial score (nSPS) is 23.6. The Labute approximate surface area is 155 Å². The van der Waals surface area contributed by atoms with E-state index in [1.54, 1.807) is 0 Å². The number of piperazine rings is 1. The van der Waals surface area contributed by atoms with Gasteiger partial charge in [-0.05, 0) is 37.6 Å². The Morgan fingerprint density at radius 3 is 2.44 bits per heavy atom. The van der Waals surface area contributed by atoms with Crippen LogP contribution in [-0.4, -0.2) is 54.6 Å². The van der Waals surface area contributed by atoms with E-state index in [-0.39, 0.29) is 23.6 Å². The van der Waals surface area contributed by atoms with E-state index < -0.39 is 17.6 Å². The Balaban J connectivity index is 2.11. The van der Waals surface area contributed by atoms with Gasteiger partial charge in [0, 0.05) is 32.1 Å². The largest absolute Gasteiger partial charge is 0.416 e. The topological polar surface area (TPSA) is 57.2 Å². The van der Waals surface area contributed by atoms with Gasteiger partial charge >= 0.3 is 6.18 Å². The Morgan fingerprint density at radius 2 is 1.85 bits per heavy atom. The number of amidine groups is 1. The van der Waals surface area contributed by atoms with E-state index in [4.69, 9.17) is 5.84 Å². The zero-order valence-electron chi connectivity index (χ0n) is 15.4. The number of benzene rings is 1. The van der Waals surface area contributed by atoms with Crippen LogP contribution in [0.4, 0.5) is 23.2 Å². The van der Waals surface area contributed by atoms with E-state index in [0.29, 0.717) is 37.1 Å². The predicted molar refractivity (Wildman–Crippen MR) is 96.7 cm³/mol. The highest BCUT2D eigenvalue weighted by Crippen LogP contribution is 2.36. The second kappa shape index (κ2) is 7.46.